The molecule has 0 saturated carbocycles. The highest BCUT2D eigenvalue weighted by Crippen LogP contribution is 2.15. The molecule has 0 radical (unpaired) electrons. The van der Waals surface area contributed by atoms with Crippen molar-refractivity contribution >= 4 is 11.9 Å². The number of carbonyl (C=O) groups excluding carboxylic acids is 1. The topological polar surface area (TPSA) is 78.9 Å². The predicted octanol–water partition coefficient (Wildman–Crippen LogP) is 0.897. The van der Waals surface area contributed by atoms with E-state index in [9.17, 15) is 9.59 Å². The van der Waals surface area contributed by atoms with Crippen molar-refractivity contribution in [2.45, 2.75) is 13.0 Å². The molecule has 1 aromatic carbocycles. The number of esters is 1. The molecule has 2 rings (SSSR count). The van der Waals surface area contributed by atoms with Crippen LogP contribution in [-0.4, -0.2) is 55.2 Å². The summed E-state index contributed by atoms with van der Waals surface area (Å²) in [6, 6.07) is 11.2. The average Bonchev–Trinajstić information content (AvgIpc) is 2.49. The largest absolute Gasteiger partial charge is 0.473 e. The summed E-state index contributed by atoms with van der Waals surface area (Å²) in [7, 11) is 2.18. The summed E-state index contributed by atoms with van der Waals surface area (Å²) in [4.78, 5) is 21.9. The normalized spacial score (nSPS) is 18.3. The number of carbonyl (C=O) groups is 2. The van der Waals surface area contributed by atoms with Crippen molar-refractivity contribution in [3.63, 3.8) is 0 Å². The molecular formula is C15H22N2O4. The summed E-state index contributed by atoms with van der Waals surface area (Å²) in [6.07, 6.45) is 0. The van der Waals surface area contributed by atoms with Gasteiger partial charge in [0.2, 0.25) is 0 Å². The zero-order valence-electron chi connectivity index (χ0n) is 12.4. The van der Waals surface area contributed by atoms with E-state index in [1.807, 2.05) is 0 Å². The number of nitrogens with one attached hydrogen (secondary N) is 1. The Balaban J connectivity index is 0.000000240. The molecule has 1 unspecified atom stereocenters. The molecule has 0 aliphatic carbocycles. The highest BCUT2D eigenvalue weighted by atomic mass is 16.6. The average molecular weight is 294 g/mol. The Hall–Kier alpha value is -1.92. The van der Waals surface area contributed by atoms with Crippen molar-refractivity contribution in [1.29, 1.82) is 0 Å². The van der Waals surface area contributed by atoms with Crippen molar-refractivity contribution in [1.82, 2.24) is 10.2 Å². The van der Waals surface area contributed by atoms with Crippen LogP contribution in [0.4, 0.5) is 0 Å². The van der Waals surface area contributed by atoms with Crippen LogP contribution in [0.25, 0.3) is 0 Å². The van der Waals surface area contributed by atoms with Crippen molar-refractivity contribution in [3.05, 3.63) is 35.9 Å². The van der Waals surface area contributed by atoms with Gasteiger partial charge in [0.15, 0.2) is 0 Å². The first-order valence-electron chi connectivity index (χ1n) is 6.91. The van der Waals surface area contributed by atoms with E-state index < -0.39 is 11.9 Å². The fourth-order valence-corrected chi connectivity index (χ4v) is 2.00. The molecule has 1 heterocycles. The smallest absolute Gasteiger partial charge is 0.417 e. The minimum atomic E-state index is -1.55. The zero-order valence-corrected chi connectivity index (χ0v) is 12.4. The Kier molecular flexibility index (Phi) is 7.42. The summed E-state index contributed by atoms with van der Waals surface area (Å²) in [5.74, 6) is -2.75. The summed E-state index contributed by atoms with van der Waals surface area (Å²) >= 11 is 0. The third-order valence-corrected chi connectivity index (χ3v) is 3.03. The first kappa shape index (κ1) is 17.1. The van der Waals surface area contributed by atoms with Gasteiger partial charge in [0.25, 0.3) is 0 Å². The molecule has 1 aliphatic rings. The van der Waals surface area contributed by atoms with E-state index >= 15 is 0 Å². The van der Waals surface area contributed by atoms with Gasteiger partial charge in [-0.2, -0.15) is 0 Å². The van der Waals surface area contributed by atoms with Gasteiger partial charge in [0.05, 0.1) is 6.61 Å². The van der Waals surface area contributed by atoms with Crippen LogP contribution in [0.5, 0.6) is 0 Å². The first-order chi connectivity index (χ1) is 10.0. The van der Waals surface area contributed by atoms with E-state index in [4.69, 9.17) is 5.11 Å². The number of carboxylic acid groups (broad SMARTS) is 1. The third-order valence-electron chi connectivity index (χ3n) is 3.03. The van der Waals surface area contributed by atoms with Crippen LogP contribution in [0.15, 0.2) is 30.3 Å². The van der Waals surface area contributed by atoms with E-state index in [1.165, 1.54) is 5.56 Å². The Bertz CT molecular complexity index is 450. The molecule has 0 amide bonds. The highest BCUT2D eigenvalue weighted by Gasteiger charge is 2.17. The van der Waals surface area contributed by atoms with Crippen LogP contribution in [0.1, 0.15) is 18.5 Å². The molecule has 2 N–H and O–H groups in total. The minimum absolute atomic E-state index is 0.102. The van der Waals surface area contributed by atoms with Crippen molar-refractivity contribution < 1.29 is 19.4 Å². The minimum Gasteiger partial charge on any atom is -0.473 e. The third kappa shape index (κ3) is 6.37. The van der Waals surface area contributed by atoms with E-state index in [0.717, 1.165) is 19.6 Å². The second-order valence-corrected chi connectivity index (χ2v) is 4.71. The summed E-state index contributed by atoms with van der Waals surface area (Å²) in [5.41, 5.74) is 1.40. The molecule has 1 aliphatic heterocycles. The predicted molar refractivity (Wildman–Crippen MR) is 79.0 cm³/mol. The highest BCUT2D eigenvalue weighted by molar-refractivity contribution is 6.28. The van der Waals surface area contributed by atoms with Gasteiger partial charge in [-0.25, -0.2) is 9.59 Å². The number of ether oxygens (including phenoxy) is 1. The van der Waals surface area contributed by atoms with E-state index in [2.05, 4.69) is 52.3 Å². The van der Waals surface area contributed by atoms with E-state index in [0.29, 0.717) is 6.04 Å². The molecule has 1 fully saturated rings. The number of likely N-dealkylation sites (N-methyl/N-ethyl adjacent to an activating group) is 1. The number of aliphatic carboxylic acids is 1. The molecular weight excluding hydrogens is 272 g/mol. The number of piperazine rings is 1. The van der Waals surface area contributed by atoms with Crippen LogP contribution < -0.4 is 5.32 Å². The van der Waals surface area contributed by atoms with Gasteiger partial charge in [0, 0.05) is 25.7 Å². The second kappa shape index (κ2) is 9.10. The van der Waals surface area contributed by atoms with E-state index in [-0.39, 0.29) is 6.61 Å². The number of hydrogen-bond donors (Lipinski definition) is 2. The lowest BCUT2D eigenvalue weighted by atomic mass is 10.1. The SMILES string of the molecule is CCOC(=O)C(=O)O.CN1CCNC(c2ccccc2)C1. The Morgan fingerprint density at radius 3 is 2.52 bits per heavy atom. The van der Waals surface area contributed by atoms with Crippen molar-refractivity contribution in [2.75, 3.05) is 33.3 Å². The number of rotatable bonds is 2. The van der Waals surface area contributed by atoms with Gasteiger partial charge in [-0.05, 0) is 19.5 Å². The quantitative estimate of drug-likeness (QED) is 0.623. The van der Waals surface area contributed by atoms with Gasteiger partial charge in [-0.1, -0.05) is 30.3 Å². The lowest BCUT2D eigenvalue weighted by Crippen LogP contribution is -2.43. The molecule has 1 saturated heterocycles. The van der Waals surface area contributed by atoms with Crippen LogP contribution in [0, 0.1) is 0 Å². The zero-order chi connectivity index (χ0) is 15.7. The standard InChI is InChI=1S/C11H16N2.C4H6O4/c1-13-8-7-12-11(9-13)10-5-3-2-4-6-10;1-2-8-4(7)3(5)6/h2-6,11-12H,7-9H2,1H3;2H2,1H3,(H,5,6). The number of nitrogens with zero attached hydrogens (tertiary/aromatic N) is 1. The Labute approximate surface area is 124 Å². The van der Waals surface area contributed by atoms with Crippen LogP contribution in [-0.2, 0) is 14.3 Å². The van der Waals surface area contributed by atoms with Crippen molar-refractivity contribution in [3.8, 4) is 0 Å². The maximum atomic E-state index is 9.92. The van der Waals surface area contributed by atoms with Crippen LogP contribution >= 0.6 is 0 Å². The molecule has 6 heteroatoms. The summed E-state index contributed by atoms with van der Waals surface area (Å²) < 4.78 is 4.06. The fourth-order valence-electron chi connectivity index (χ4n) is 2.00. The molecule has 1 aromatic rings. The van der Waals surface area contributed by atoms with Gasteiger partial charge in [-0.3, -0.25) is 0 Å². The lowest BCUT2D eigenvalue weighted by molar-refractivity contribution is -0.163. The fraction of sp³-hybridized carbons (Fsp3) is 0.467. The molecule has 116 valence electrons. The number of benzene rings is 1. The second-order valence-electron chi connectivity index (χ2n) is 4.71. The summed E-state index contributed by atoms with van der Waals surface area (Å²) in [6.45, 7) is 5.01. The molecule has 0 aromatic heterocycles. The van der Waals surface area contributed by atoms with Gasteiger partial charge in [-0.15, -0.1) is 0 Å². The molecule has 0 spiro atoms. The first-order valence-corrected chi connectivity index (χ1v) is 6.91. The molecule has 1 atom stereocenters. The monoisotopic (exact) mass is 294 g/mol. The summed E-state index contributed by atoms with van der Waals surface area (Å²) in [5, 5.41) is 11.4. The van der Waals surface area contributed by atoms with Crippen LogP contribution in [0.3, 0.4) is 0 Å². The molecule has 21 heavy (non-hydrogen) atoms. The maximum absolute atomic E-state index is 9.92. The molecule has 6 nitrogen and oxygen atoms in total. The lowest BCUT2D eigenvalue weighted by Gasteiger charge is -2.31. The Morgan fingerprint density at radius 1 is 1.38 bits per heavy atom. The molecule has 0 bridgehead atoms. The number of hydrogen-bond acceptors (Lipinski definition) is 5. The Morgan fingerprint density at radius 2 is 2.05 bits per heavy atom. The number of carboxylic acids is 1. The van der Waals surface area contributed by atoms with Gasteiger partial charge in [0.1, 0.15) is 0 Å². The van der Waals surface area contributed by atoms with Crippen molar-refractivity contribution in [2.24, 2.45) is 0 Å². The van der Waals surface area contributed by atoms with Crippen LogP contribution in [0.2, 0.25) is 0 Å². The van der Waals surface area contributed by atoms with E-state index in [1.54, 1.807) is 6.92 Å². The van der Waals surface area contributed by atoms with Gasteiger partial charge >= 0.3 is 11.9 Å². The van der Waals surface area contributed by atoms with Gasteiger partial charge < -0.3 is 20.1 Å². The maximum Gasteiger partial charge on any atom is 0.417 e.